The maximum Gasteiger partial charge on any atom is 0.254 e. The number of benzene rings is 2. The summed E-state index contributed by atoms with van der Waals surface area (Å²) in [5, 5.41) is 7.96. The number of carbonyl (C=O) groups excluding carboxylic acids is 1. The fraction of sp³-hybridized carbons (Fsp3) is 0.400. The molecule has 31 heavy (non-hydrogen) atoms. The van der Waals surface area contributed by atoms with Crippen LogP contribution < -0.4 is 10.6 Å². The van der Waals surface area contributed by atoms with Crippen LogP contribution in [0.2, 0.25) is 0 Å². The summed E-state index contributed by atoms with van der Waals surface area (Å²) in [4.78, 5) is 15.2. The Kier molecular flexibility index (Phi) is 6.01. The summed E-state index contributed by atoms with van der Waals surface area (Å²) in [5.74, 6) is -0.149. The molecule has 2 aromatic carbocycles. The Labute approximate surface area is 183 Å². The van der Waals surface area contributed by atoms with E-state index in [0.717, 1.165) is 60.4 Å². The first-order chi connectivity index (χ1) is 14.9. The van der Waals surface area contributed by atoms with E-state index in [1.165, 1.54) is 17.3 Å². The van der Waals surface area contributed by atoms with Crippen molar-refractivity contribution in [2.45, 2.75) is 40.8 Å². The summed E-state index contributed by atoms with van der Waals surface area (Å²) < 4.78 is 15.8. The number of nitrogens with zero attached hydrogens (tertiary/aromatic N) is 2. The normalized spacial score (nSPS) is 14.3. The van der Waals surface area contributed by atoms with Gasteiger partial charge in [-0.05, 0) is 68.7 Å². The number of fused-ring (bicyclic) bond motifs is 1. The summed E-state index contributed by atoms with van der Waals surface area (Å²) in [5.41, 5.74) is 7.14. The number of carbonyl (C=O) groups is 1. The minimum absolute atomic E-state index is 0.0747. The van der Waals surface area contributed by atoms with Gasteiger partial charge < -0.3 is 20.1 Å². The molecule has 0 unspecified atom stereocenters. The van der Waals surface area contributed by atoms with Crippen molar-refractivity contribution in [3.05, 3.63) is 64.1 Å². The molecular weight excluding hydrogens is 391 g/mol. The van der Waals surface area contributed by atoms with E-state index >= 15 is 0 Å². The van der Waals surface area contributed by atoms with Crippen molar-refractivity contribution < 1.29 is 9.18 Å². The van der Waals surface area contributed by atoms with Crippen LogP contribution in [0.25, 0.3) is 10.9 Å². The Bertz CT molecular complexity index is 1130. The number of amides is 1. The zero-order valence-corrected chi connectivity index (χ0v) is 18.8. The molecule has 1 amide bonds. The lowest BCUT2D eigenvalue weighted by Gasteiger charge is -2.27. The highest BCUT2D eigenvalue weighted by Crippen LogP contribution is 2.33. The van der Waals surface area contributed by atoms with Gasteiger partial charge >= 0.3 is 0 Å². The van der Waals surface area contributed by atoms with Crippen molar-refractivity contribution in [3.8, 4) is 0 Å². The predicted octanol–water partition coefficient (Wildman–Crippen LogP) is 4.38. The van der Waals surface area contributed by atoms with Crippen LogP contribution in [-0.2, 0) is 13.1 Å². The van der Waals surface area contributed by atoms with Crippen molar-refractivity contribution in [2.24, 2.45) is 0 Å². The summed E-state index contributed by atoms with van der Waals surface area (Å²) in [6.45, 7) is 12.8. The van der Waals surface area contributed by atoms with Gasteiger partial charge in [-0.1, -0.05) is 6.07 Å². The van der Waals surface area contributed by atoms with E-state index in [0.29, 0.717) is 12.1 Å². The van der Waals surface area contributed by atoms with Crippen molar-refractivity contribution in [2.75, 3.05) is 31.5 Å². The van der Waals surface area contributed by atoms with Crippen LogP contribution in [0.5, 0.6) is 0 Å². The Morgan fingerprint density at radius 2 is 1.87 bits per heavy atom. The molecule has 164 valence electrons. The first-order valence-corrected chi connectivity index (χ1v) is 11.0. The molecule has 1 aromatic heterocycles. The Morgan fingerprint density at radius 1 is 1.13 bits per heavy atom. The van der Waals surface area contributed by atoms with Crippen LogP contribution in [0.4, 0.5) is 10.1 Å². The molecule has 2 N–H and O–H groups in total. The first-order valence-electron chi connectivity index (χ1n) is 11.0. The van der Waals surface area contributed by atoms with E-state index in [2.05, 4.69) is 36.0 Å². The average molecular weight is 423 g/mol. The molecule has 0 bridgehead atoms. The highest BCUT2D eigenvalue weighted by atomic mass is 19.1. The zero-order valence-electron chi connectivity index (χ0n) is 18.8. The lowest BCUT2D eigenvalue weighted by Crippen LogP contribution is -2.46. The minimum atomic E-state index is -0.224. The molecule has 0 atom stereocenters. The minimum Gasteiger partial charge on any atom is -0.379 e. The SMILES string of the molecule is CCn1c(C)c(C)c2cc(C(=O)N3CCNCC3)cc(NCc3ccc(F)cc3C)c21. The third-order valence-corrected chi connectivity index (χ3v) is 6.47. The highest BCUT2D eigenvalue weighted by molar-refractivity contribution is 6.04. The van der Waals surface area contributed by atoms with E-state index in [-0.39, 0.29) is 11.7 Å². The van der Waals surface area contributed by atoms with Gasteiger partial charge in [0.1, 0.15) is 5.82 Å². The van der Waals surface area contributed by atoms with Crippen molar-refractivity contribution in [3.63, 3.8) is 0 Å². The van der Waals surface area contributed by atoms with Gasteiger partial charge in [0.25, 0.3) is 5.91 Å². The molecule has 0 aliphatic carbocycles. The highest BCUT2D eigenvalue weighted by Gasteiger charge is 2.22. The van der Waals surface area contributed by atoms with E-state index in [1.807, 2.05) is 30.0 Å². The van der Waals surface area contributed by atoms with Gasteiger partial charge in [0, 0.05) is 55.9 Å². The van der Waals surface area contributed by atoms with Crippen molar-refractivity contribution in [1.29, 1.82) is 0 Å². The third kappa shape index (κ3) is 4.04. The fourth-order valence-corrected chi connectivity index (χ4v) is 4.53. The molecular formula is C25H31FN4O. The summed E-state index contributed by atoms with van der Waals surface area (Å²) in [6, 6.07) is 8.89. The van der Waals surface area contributed by atoms with Crippen LogP contribution in [0.3, 0.4) is 0 Å². The molecule has 1 saturated heterocycles. The van der Waals surface area contributed by atoms with Crippen LogP contribution >= 0.6 is 0 Å². The standard InChI is InChI=1S/C25H31FN4O/c1-5-30-18(4)17(3)22-13-20(25(31)29-10-8-27-9-11-29)14-23(24(22)30)28-15-19-6-7-21(26)12-16(19)2/h6-7,12-14,27-28H,5,8-11,15H2,1-4H3. The number of halogens is 1. The van der Waals surface area contributed by atoms with E-state index in [4.69, 9.17) is 0 Å². The van der Waals surface area contributed by atoms with Crippen LogP contribution in [0.15, 0.2) is 30.3 Å². The first kappa shape index (κ1) is 21.4. The molecule has 0 saturated carbocycles. The smallest absolute Gasteiger partial charge is 0.254 e. The molecule has 3 aromatic rings. The van der Waals surface area contributed by atoms with Gasteiger partial charge in [-0.15, -0.1) is 0 Å². The number of anilines is 1. The molecule has 1 aliphatic rings. The maximum atomic E-state index is 13.5. The van der Waals surface area contributed by atoms with Crippen molar-refractivity contribution in [1.82, 2.24) is 14.8 Å². The van der Waals surface area contributed by atoms with Gasteiger partial charge in [0.15, 0.2) is 0 Å². The van der Waals surface area contributed by atoms with Crippen LogP contribution in [-0.4, -0.2) is 41.6 Å². The molecule has 4 rings (SSSR count). The van der Waals surface area contributed by atoms with Gasteiger partial charge in [-0.2, -0.15) is 0 Å². The second-order valence-corrected chi connectivity index (χ2v) is 8.34. The Morgan fingerprint density at radius 3 is 2.55 bits per heavy atom. The molecule has 1 aliphatic heterocycles. The quantitative estimate of drug-likeness (QED) is 0.641. The number of piperazine rings is 1. The van der Waals surface area contributed by atoms with Crippen LogP contribution in [0, 0.1) is 26.6 Å². The summed E-state index contributed by atoms with van der Waals surface area (Å²) >= 11 is 0. The van der Waals surface area contributed by atoms with Gasteiger partial charge in [-0.25, -0.2) is 4.39 Å². The Hall–Kier alpha value is -2.86. The molecule has 0 radical (unpaired) electrons. The van der Waals surface area contributed by atoms with Crippen LogP contribution in [0.1, 0.15) is 39.7 Å². The number of aromatic nitrogens is 1. The molecule has 1 fully saturated rings. The molecule has 0 spiro atoms. The summed E-state index contributed by atoms with van der Waals surface area (Å²) in [7, 11) is 0. The van der Waals surface area contributed by atoms with E-state index in [1.54, 1.807) is 6.07 Å². The maximum absolute atomic E-state index is 13.5. The number of hydrogen-bond acceptors (Lipinski definition) is 3. The largest absolute Gasteiger partial charge is 0.379 e. The monoisotopic (exact) mass is 422 g/mol. The number of hydrogen-bond donors (Lipinski definition) is 2. The second-order valence-electron chi connectivity index (χ2n) is 8.34. The van der Waals surface area contributed by atoms with Gasteiger partial charge in [0.05, 0.1) is 11.2 Å². The predicted molar refractivity (Wildman–Crippen MR) is 124 cm³/mol. The van der Waals surface area contributed by atoms with Gasteiger partial charge in [-0.3, -0.25) is 4.79 Å². The third-order valence-electron chi connectivity index (χ3n) is 6.47. The van der Waals surface area contributed by atoms with Crippen molar-refractivity contribution >= 4 is 22.5 Å². The van der Waals surface area contributed by atoms with E-state index in [9.17, 15) is 9.18 Å². The summed E-state index contributed by atoms with van der Waals surface area (Å²) in [6.07, 6.45) is 0. The lowest BCUT2D eigenvalue weighted by molar-refractivity contribution is 0.0736. The van der Waals surface area contributed by atoms with Gasteiger partial charge in [0.2, 0.25) is 0 Å². The number of rotatable bonds is 5. The molecule has 5 nitrogen and oxygen atoms in total. The second kappa shape index (κ2) is 8.71. The fourth-order valence-electron chi connectivity index (χ4n) is 4.53. The topological polar surface area (TPSA) is 49.3 Å². The number of nitrogens with one attached hydrogen (secondary N) is 2. The molecule has 6 heteroatoms. The zero-order chi connectivity index (χ0) is 22.1. The van der Waals surface area contributed by atoms with E-state index < -0.39 is 0 Å². The molecule has 2 heterocycles. The number of aryl methyl sites for hydroxylation is 3. The Balaban J connectivity index is 1.77. The average Bonchev–Trinajstić information content (AvgIpc) is 3.03. The lowest BCUT2D eigenvalue weighted by atomic mass is 10.0.